The number of nitriles is 1. The van der Waals surface area contributed by atoms with Crippen LogP contribution in [0.5, 0.6) is 0 Å². The van der Waals surface area contributed by atoms with Gasteiger partial charge in [-0.05, 0) is 23.8 Å². The summed E-state index contributed by atoms with van der Waals surface area (Å²) in [5.74, 6) is -0.458. The van der Waals surface area contributed by atoms with Crippen LogP contribution in [0.1, 0.15) is 21.5 Å². The summed E-state index contributed by atoms with van der Waals surface area (Å²) in [6, 6.07) is 17.1. The number of hydrogen-bond donors (Lipinski definition) is 1. The Hall–Kier alpha value is -4.25. The van der Waals surface area contributed by atoms with E-state index in [4.69, 9.17) is 5.26 Å². The molecule has 8 heteroatoms. The summed E-state index contributed by atoms with van der Waals surface area (Å²) >= 11 is 0. The van der Waals surface area contributed by atoms with Crippen molar-refractivity contribution < 1.29 is 9.72 Å². The Morgan fingerprint density at radius 2 is 1.82 bits per heavy atom. The number of hydrogen-bond acceptors (Lipinski definition) is 5. The van der Waals surface area contributed by atoms with E-state index in [0.29, 0.717) is 16.8 Å². The number of non-ortho nitro benzene ring substituents is 1. The molecule has 0 aliphatic rings. The maximum Gasteiger partial charge on any atom is 0.269 e. The zero-order valence-corrected chi connectivity index (χ0v) is 14.5. The predicted octanol–water partition coefficient (Wildman–Crippen LogP) is 2.93. The molecule has 0 unspecified atom stereocenters. The van der Waals surface area contributed by atoms with Crippen LogP contribution >= 0.6 is 0 Å². The van der Waals surface area contributed by atoms with E-state index in [9.17, 15) is 19.7 Å². The van der Waals surface area contributed by atoms with Crippen LogP contribution in [0, 0.1) is 21.4 Å². The Morgan fingerprint density at radius 1 is 1.11 bits per heavy atom. The minimum atomic E-state index is -0.500. The predicted molar refractivity (Wildman–Crippen MR) is 102 cm³/mol. The first kappa shape index (κ1) is 18.5. The number of amides is 1. The molecule has 0 bridgehead atoms. The van der Waals surface area contributed by atoms with Gasteiger partial charge in [0, 0.05) is 24.4 Å². The Bertz CT molecular complexity index is 1140. The first-order valence-electron chi connectivity index (χ1n) is 8.22. The minimum Gasteiger partial charge on any atom is -0.321 e. The van der Waals surface area contributed by atoms with Gasteiger partial charge in [0.25, 0.3) is 17.2 Å². The van der Waals surface area contributed by atoms with E-state index in [1.165, 1.54) is 35.0 Å². The summed E-state index contributed by atoms with van der Waals surface area (Å²) < 4.78 is 1.34. The molecule has 1 aromatic heterocycles. The summed E-state index contributed by atoms with van der Waals surface area (Å²) in [6.07, 6.45) is 1.41. The number of benzene rings is 2. The molecule has 1 amide bonds. The third-order valence-electron chi connectivity index (χ3n) is 4.04. The Morgan fingerprint density at radius 3 is 2.50 bits per heavy atom. The van der Waals surface area contributed by atoms with Crippen molar-refractivity contribution in [2.45, 2.75) is 6.54 Å². The Labute approximate surface area is 159 Å². The number of para-hydroxylation sites is 1. The second-order valence-electron chi connectivity index (χ2n) is 5.92. The van der Waals surface area contributed by atoms with Gasteiger partial charge in [-0.25, -0.2) is 0 Å². The fourth-order valence-corrected chi connectivity index (χ4v) is 2.59. The largest absolute Gasteiger partial charge is 0.321 e. The van der Waals surface area contributed by atoms with Crippen molar-refractivity contribution in [3.05, 3.63) is 104 Å². The molecule has 138 valence electrons. The van der Waals surface area contributed by atoms with Crippen molar-refractivity contribution in [1.82, 2.24) is 4.57 Å². The smallest absolute Gasteiger partial charge is 0.269 e. The standard InChI is InChI=1S/C20H14N4O4/c21-11-15-3-1-2-4-18(15)22-20(26)16-7-10-19(25)23(13-16)12-14-5-8-17(9-6-14)24(27)28/h1-10,13H,12H2,(H,22,26). The van der Waals surface area contributed by atoms with Gasteiger partial charge in [-0.2, -0.15) is 5.26 Å². The van der Waals surface area contributed by atoms with Crippen molar-refractivity contribution in [2.75, 3.05) is 5.32 Å². The molecule has 0 radical (unpaired) electrons. The molecule has 0 atom stereocenters. The second-order valence-corrected chi connectivity index (χ2v) is 5.92. The minimum absolute atomic E-state index is 0.0413. The average Bonchev–Trinajstić information content (AvgIpc) is 2.70. The van der Waals surface area contributed by atoms with Gasteiger partial charge in [-0.1, -0.05) is 24.3 Å². The lowest BCUT2D eigenvalue weighted by Gasteiger charge is -2.10. The van der Waals surface area contributed by atoms with Crippen molar-refractivity contribution in [2.24, 2.45) is 0 Å². The highest BCUT2D eigenvalue weighted by Gasteiger charge is 2.11. The van der Waals surface area contributed by atoms with Crippen LogP contribution in [0.15, 0.2) is 71.7 Å². The SMILES string of the molecule is N#Cc1ccccc1NC(=O)c1ccc(=O)n(Cc2ccc([N+](=O)[O-])cc2)c1. The second kappa shape index (κ2) is 7.97. The Balaban J connectivity index is 1.83. The van der Waals surface area contributed by atoms with E-state index in [1.54, 1.807) is 36.4 Å². The van der Waals surface area contributed by atoms with E-state index >= 15 is 0 Å². The van der Waals surface area contributed by atoms with Crippen LogP contribution in [-0.2, 0) is 6.54 Å². The van der Waals surface area contributed by atoms with E-state index in [1.807, 2.05) is 6.07 Å². The zero-order chi connectivity index (χ0) is 20.1. The number of nitro benzene ring substituents is 1. The van der Waals surface area contributed by atoms with Crippen molar-refractivity contribution in [3.63, 3.8) is 0 Å². The maximum atomic E-state index is 12.5. The molecule has 8 nitrogen and oxygen atoms in total. The van der Waals surface area contributed by atoms with Crippen LogP contribution in [0.4, 0.5) is 11.4 Å². The number of rotatable bonds is 5. The Kier molecular flexibility index (Phi) is 5.28. The molecular weight excluding hydrogens is 360 g/mol. The molecule has 3 aromatic rings. The van der Waals surface area contributed by atoms with Crippen LogP contribution < -0.4 is 10.9 Å². The molecular formula is C20H14N4O4. The number of nitro groups is 1. The number of nitrogens with zero attached hydrogens (tertiary/aromatic N) is 3. The molecule has 2 aromatic carbocycles. The van der Waals surface area contributed by atoms with Gasteiger partial charge in [-0.15, -0.1) is 0 Å². The van der Waals surface area contributed by atoms with Crippen LogP contribution in [0.2, 0.25) is 0 Å². The van der Waals surface area contributed by atoms with Gasteiger partial charge in [0.05, 0.1) is 28.3 Å². The number of carbonyl (C=O) groups is 1. The van der Waals surface area contributed by atoms with Crippen molar-refractivity contribution in [3.8, 4) is 6.07 Å². The molecule has 0 aliphatic carbocycles. The molecule has 0 saturated carbocycles. The van der Waals surface area contributed by atoms with Crippen molar-refractivity contribution >= 4 is 17.3 Å². The van der Waals surface area contributed by atoms with Crippen LogP contribution in [0.3, 0.4) is 0 Å². The van der Waals surface area contributed by atoms with Gasteiger partial charge >= 0.3 is 0 Å². The molecule has 0 spiro atoms. The average molecular weight is 374 g/mol. The van der Waals surface area contributed by atoms with Crippen molar-refractivity contribution in [1.29, 1.82) is 5.26 Å². The summed E-state index contributed by atoms with van der Waals surface area (Å²) in [7, 11) is 0. The summed E-state index contributed by atoms with van der Waals surface area (Å²) in [6.45, 7) is 0.159. The normalized spacial score (nSPS) is 10.1. The number of aromatic nitrogens is 1. The van der Waals surface area contributed by atoms with E-state index < -0.39 is 10.8 Å². The van der Waals surface area contributed by atoms with Gasteiger partial charge < -0.3 is 9.88 Å². The first-order chi connectivity index (χ1) is 13.5. The zero-order valence-electron chi connectivity index (χ0n) is 14.5. The first-order valence-corrected chi connectivity index (χ1v) is 8.22. The highest BCUT2D eigenvalue weighted by atomic mass is 16.6. The number of pyridine rings is 1. The maximum absolute atomic E-state index is 12.5. The molecule has 1 heterocycles. The highest BCUT2D eigenvalue weighted by molar-refractivity contribution is 6.04. The van der Waals surface area contributed by atoms with Gasteiger partial charge in [0.1, 0.15) is 6.07 Å². The molecule has 0 saturated heterocycles. The van der Waals surface area contributed by atoms with Gasteiger partial charge in [0.2, 0.25) is 0 Å². The lowest BCUT2D eigenvalue weighted by Crippen LogP contribution is -2.22. The fourth-order valence-electron chi connectivity index (χ4n) is 2.59. The van der Waals surface area contributed by atoms with E-state index in [-0.39, 0.29) is 23.4 Å². The fraction of sp³-hybridized carbons (Fsp3) is 0.0500. The molecule has 28 heavy (non-hydrogen) atoms. The number of carbonyl (C=O) groups excluding carboxylic acids is 1. The topological polar surface area (TPSA) is 118 Å². The monoisotopic (exact) mass is 374 g/mol. The summed E-state index contributed by atoms with van der Waals surface area (Å²) in [5, 5.41) is 22.5. The van der Waals surface area contributed by atoms with E-state index in [2.05, 4.69) is 5.32 Å². The molecule has 1 N–H and O–H groups in total. The number of nitrogens with one attached hydrogen (secondary N) is 1. The lowest BCUT2D eigenvalue weighted by atomic mass is 10.1. The molecule has 0 aliphatic heterocycles. The number of anilines is 1. The van der Waals surface area contributed by atoms with Gasteiger partial charge in [-0.3, -0.25) is 19.7 Å². The molecule has 0 fully saturated rings. The third-order valence-corrected chi connectivity index (χ3v) is 4.04. The van der Waals surface area contributed by atoms with Crippen LogP contribution in [-0.4, -0.2) is 15.4 Å². The van der Waals surface area contributed by atoms with Gasteiger partial charge in [0.15, 0.2) is 0 Å². The quantitative estimate of drug-likeness (QED) is 0.544. The van der Waals surface area contributed by atoms with E-state index in [0.717, 1.165) is 0 Å². The lowest BCUT2D eigenvalue weighted by molar-refractivity contribution is -0.384. The van der Waals surface area contributed by atoms with Crippen LogP contribution in [0.25, 0.3) is 0 Å². The molecule has 3 rings (SSSR count). The third kappa shape index (κ3) is 4.11. The summed E-state index contributed by atoms with van der Waals surface area (Å²) in [4.78, 5) is 34.8. The highest BCUT2D eigenvalue weighted by Crippen LogP contribution is 2.15. The summed E-state index contributed by atoms with van der Waals surface area (Å²) in [5.41, 5.74) is 1.28.